The van der Waals surface area contributed by atoms with Gasteiger partial charge in [0.2, 0.25) is 5.91 Å². The van der Waals surface area contributed by atoms with Gasteiger partial charge in [-0.3, -0.25) is 14.7 Å². The van der Waals surface area contributed by atoms with Crippen LogP contribution in [0.25, 0.3) is 0 Å². The molecular formula is C26H37ClN4O3. The smallest absolute Gasteiger partial charge is 0.241 e. The number of fused-ring (bicyclic) bond motifs is 1. The number of anilines is 1. The summed E-state index contributed by atoms with van der Waals surface area (Å²) in [6.07, 6.45) is 2.67. The third-order valence-electron chi connectivity index (χ3n) is 6.78. The number of ether oxygens (including phenoxy) is 2. The maximum absolute atomic E-state index is 13.5. The molecule has 4 rings (SSSR count). The maximum atomic E-state index is 13.5. The molecule has 1 fully saturated rings. The molecule has 0 spiro atoms. The van der Waals surface area contributed by atoms with Gasteiger partial charge in [-0.1, -0.05) is 26.0 Å². The van der Waals surface area contributed by atoms with E-state index >= 15 is 0 Å². The first-order valence-corrected chi connectivity index (χ1v) is 11.7. The zero-order valence-corrected chi connectivity index (χ0v) is 21.7. The van der Waals surface area contributed by atoms with Crippen LogP contribution >= 0.6 is 12.4 Å². The van der Waals surface area contributed by atoms with Crippen molar-refractivity contribution in [2.24, 2.45) is 0 Å². The number of amides is 1. The van der Waals surface area contributed by atoms with E-state index in [0.717, 1.165) is 41.3 Å². The normalized spacial score (nSPS) is 21.6. The third kappa shape index (κ3) is 5.71. The quantitative estimate of drug-likeness (QED) is 0.646. The fraction of sp³-hybridized carbons (Fsp3) is 0.538. The number of nitrogens with one attached hydrogen (secondary N) is 1. The lowest BCUT2D eigenvalue weighted by molar-refractivity contribution is -0.121. The number of halogens is 1. The molecule has 0 saturated carbocycles. The number of rotatable bonds is 7. The van der Waals surface area contributed by atoms with E-state index in [2.05, 4.69) is 49.2 Å². The molecule has 7 nitrogen and oxygen atoms in total. The molecule has 1 amide bonds. The van der Waals surface area contributed by atoms with Crippen LogP contribution in [0.3, 0.4) is 0 Å². The molecule has 0 radical (unpaired) electrons. The van der Waals surface area contributed by atoms with E-state index in [0.29, 0.717) is 32.2 Å². The molecule has 3 heterocycles. The Kier molecular flexibility index (Phi) is 8.57. The van der Waals surface area contributed by atoms with Crippen LogP contribution < -0.4 is 15.0 Å². The van der Waals surface area contributed by atoms with Crippen LogP contribution in [-0.4, -0.2) is 74.9 Å². The summed E-state index contributed by atoms with van der Waals surface area (Å²) in [6.45, 7) is 9.88. The maximum Gasteiger partial charge on any atom is 0.241 e. The van der Waals surface area contributed by atoms with Crippen LogP contribution in [-0.2, 0) is 21.4 Å². The predicted octanol–water partition coefficient (Wildman–Crippen LogP) is 3.04. The second kappa shape index (κ2) is 11.0. The summed E-state index contributed by atoms with van der Waals surface area (Å²) in [6, 6.07) is 10.7. The Balaban J connectivity index is 0.00000324. The molecule has 2 atom stereocenters. The number of aromatic nitrogens is 1. The van der Waals surface area contributed by atoms with E-state index in [1.54, 1.807) is 14.2 Å². The molecule has 2 aliphatic rings. The number of benzene rings is 1. The second-order valence-electron chi connectivity index (χ2n) is 9.93. The van der Waals surface area contributed by atoms with Gasteiger partial charge in [0.15, 0.2) is 0 Å². The highest BCUT2D eigenvalue weighted by Gasteiger charge is 2.39. The van der Waals surface area contributed by atoms with Gasteiger partial charge in [-0.2, -0.15) is 0 Å². The van der Waals surface area contributed by atoms with Crippen molar-refractivity contribution in [3.05, 3.63) is 53.3 Å². The number of carbonyl (C=O) groups excluding carboxylic acids is 1. The van der Waals surface area contributed by atoms with Crippen molar-refractivity contribution in [1.29, 1.82) is 0 Å². The number of nitrogens with zero attached hydrogens (tertiary/aromatic N) is 3. The van der Waals surface area contributed by atoms with Crippen molar-refractivity contribution < 1.29 is 14.3 Å². The Morgan fingerprint density at radius 1 is 1.24 bits per heavy atom. The average molecular weight is 489 g/mol. The average Bonchev–Trinajstić information content (AvgIpc) is 3.06. The third-order valence-corrected chi connectivity index (χ3v) is 6.78. The highest BCUT2D eigenvalue weighted by atomic mass is 35.5. The van der Waals surface area contributed by atoms with Gasteiger partial charge in [0.25, 0.3) is 0 Å². The van der Waals surface area contributed by atoms with Crippen LogP contribution in [0.2, 0.25) is 0 Å². The predicted molar refractivity (Wildman–Crippen MR) is 137 cm³/mol. The van der Waals surface area contributed by atoms with Crippen molar-refractivity contribution in [2.45, 2.75) is 44.7 Å². The van der Waals surface area contributed by atoms with Crippen molar-refractivity contribution in [1.82, 2.24) is 15.2 Å². The standard InChI is InChI=1S/C26H36N4O3.ClH/c1-18-14-29(21(12-27-18)16-32-4)15-25(31)30-17-26(2,3)23-13-28-20(11-24(23)30)10-19-6-8-22(33-5)9-7-19;/h6-9,11,13,18,21,27H,10,12,14-17H2,1-5H3;1H/t18-,21-;/m1./s1. The van der Waals surface area contributed by atoms with Crippen LogP contribution in [0.15, 0.2) is 36.5 Å². The topological polar surface area (TPSA) is 66.9 Å². The first-order valence-electron chi connectivity index (χ1n) is 11.7. The highest BCUT2D eigenvalue weighted by molar-refractivity contribution is 5.97. The lowest BCUT2D eigenvalue weighted by Crippen LogP contribution is -2.59. The van der Waals surface area contributed by atoms with Crippen molar-refractivity contribution in [3.63, 3.8) is 0 Å². The van der Waals surface area contributed by atoms with Crippen LogP contribution in [0.4, 0.5) is 5.69 Å². The molecule has 1 saturated heterocycles. The van der Waals surface area contributed by atoms with Gasteiger partial charge in [0.1, 0.15) is 5.75 Å². The Hall–Kier alpha value is -2.19. The van der Waals surface area contributed by atoms with Crippen LogP contribution in [0, 0.1) is 0 Å². The first-order chi connectivity index (χ1) is 15.8. The van der Waals surface area contributed by atoms with Gasteiger partial charge < -0.3 is 19.7 Å². The molecule has 0 bridgehead atoms. The number of pyridine rings is 1. The molecule has 186 valence electrons. The molecule has 0 unspecified atom stereocenters. The minimum absolute atomic E-state index is 0. The van der Waals surface area contributed by atoms with Gasteiger partial charge in [-0.25, -0.2) is 0 Å². The first kappa shape index (κ1) is 26.4. The monoisotopic (exact) mass is 488 g/mol. The van der Waals surface area contributed by atoms with Crippen LogP contribution in [0.5, 0.6) is 5.75 Å². The summed E-state index contributed by atoms with van der Waals surface area (Å²) in [5.41, 5.74) is 4.13. The van der Waals surface area contributed by atoms with E-state index < -0.39 is 0 Å². The van der Waals surface area contributed by atoms with Crippen molar-refractivity contribution >= 4 is 24.0 Å². The Morgan fingerprint density at radius 2 is 1.97 bits per heavy atom. The zero-order valence-electron chi connectivity index (χ0n) is 20.8. The lowest BCUT2D eigenvalue weighted by Gasteiger charge is -2.39. The molecule has 1 N–H and O–H groups in total. The van der Waals surface area contributed by atoms with Gasteiger partial charge >= 0.3 is 0 Å². The molecule has 8 heteroatoms. The van der Waals surface area contributed by atoms with Gasteiger partial charge in [-0.05, 0) is 30.7 Å². The van der Waals surface area contributed by atoms with Crippen LogP contribution in [0.1, 0.15) is 37.6 Å². The van der Waals surface area contributed by atoms with E-state index in [4.69, 9.17) is 14.5 Å². The largest absolute Gasteiger partial charge is 0.497 e. The molecule has 34 heavy (non-hydrogen) atoms. The number of hydrogen-bond donors (Lipinski definition) is 1. The van der Waals surface area contributed by atoms with E-state index in [1.165, 1.54) is 0 Å². The molecule has 2 aromatic rings. The molecular weight excluding hydrogens is 452 g/mol. The SMILES string of the molecule is COC[C@H]1CN[C@H](C)CN1CC(=O)N1CC(C)(C)c2cnc(Cc3ccc(OC)cc3)cc21.Cl. The fourth-order valence-corrected chi connectivity index (χ4v) is 4.91. The zero-order chi connectivity index (χ0) is 23.6. The Morgan fingerprint density at radius 3 is 2.65 bits per heavy atom. The summed E-state index contributed by atoms with van der Waals surface area (Å²) in [5.74, 6) is 0.979. The Bertz CT molecular complexity index is 983. The van der Waals surface area contributed by atoms with Gasteiger partial charge in [0, 0.05) is 68.1 Å². The summed E-state index contributed by atoms with van der Waals surface area (Å²) in [4.78, 5) is 22.5. The summed E-state index contributed by atoms with van der Waals surface area (Å²) in [7, 11) is 3.39. The Labute approximate surface area is 209 Å². The summed E-state index contributed by atoms with van der Waals surface area (Å²) in [5, 5.41) is 3.49. The van der Waals surface area contributed by atoms with E-state index in [1.807, 2.05) is 23.2 Å². The minimum atomic E-state index is -0.126. The highest BCUT2D eigenvalue weighted by Crippen LogP contribution is 2.40. The summed E-state index contributed by atoms with van der Waals surface area (Å²) < 4.78 is 10.7. The molecule has 2 aliphatic heterocycles. The van der Waals surface area contributed by atoms with Gasteiger partial charge in [-0.15, -0.1) is 12.4 Å². The fourth-order valence-electron chi connectivity index (χ4n) is 4.91. The number of piperazine rings is 1. The summed E-state index contributed by atoms with van der Waals surface area (Å²) >= 11 is 0. The number of carbonyl (C=O) groups is 1. The molecule has 0 aliphatic carbocycles. The molecule has 1 aromatic carbocycles. The minimum Gasteiger partial charge on any atom is -0.497 e. The lowest BCUT2D eigenvalue weighted by atomic mass is 9.88. The van der Waals surface area contributed by atoms with Crippen molar-refractivity contribution in [3.8, 4) is 5.75 Å². The second-order valence-corrected chi connectivity index (χ2v) is 9.93. The van der Waals surface area contributed by atoms with Crippen molar-refractivity contribution in [2.75, 3.05) is 51.9 Å². The van der Waals surface area contributed by atoms with E-state index in [9.17, 15) is 4.79 Å². The van der Waals surface area contributed by atoms with Gasteiger partial charge in [0.05, 0.1) is 25.9 Å². The number of hydrogen-bond acceptors (Lipinski definition) is 6. The molecule has 1 aromatic heterocycles. The number of methoxy groups -OCH3 is 2. The van der Waals surface area contributed by atoms with E-state index in [-0.39, 0.29) is 29.8 Å².